The SMILES string of the molecule is Cc1cccc(-c2ccc([Si](C)(C)C)c[n+]2C)c1C. The van der Waals surface area contributed by atoms with Gasteiger partial charge in [0.1, 0.15) is 7.05 Å². The van der Waals surface area contributed by atoms with Crippen LogP contribution in [-0.4, -0.2) is 8.07 Å². The number of pyridine rings is 1. The van der Waals surface area contributed by atoms with Gasteiger partial charge in [-0.3, -0.25) is 0 Å². The van der Waals surface area contributed by atoms with Crippen LogP contribution in [-0.2, 0) is 7.05 Å². The second-order valence-corrected chi connectivity index (χ2v) is 11.5. The van der Waals surface area contributed by atoms with Crippen molar-refractivity contribution in [3.63, 3.8) is 0 Å². The summed E-state index contributed by atoms with van der Waals surface area (Å²) in [7, 11) is 0.920. The summed E-state index contributed by atoms with van der Waals surface area (Å²) in [6, 6.07) is 11.1. The fourth-order valence-electron chi connectivity index (χ4n) is 2.36. The van der Waals surface area contributed by atoms with Crippen molar-refractivity contribution in [1.29, 1.82) is 0 Å². The van der Waals surface area contributed by atoms with Crippen LogP contribution in [0.4, 0.5) is 0 Å². The Morgan fingerprint density at radius 2 is 1.63 bits per heavy atom. The van der Waals surface area contributed by atoms with E-state index in [0.717, 1.165) is 0 Å². The molecule has 0 fully saturated rings. The summed E-state index contributed by atoms with van der Waals surface area (Å²) >= 11 is 0. The smallest absolute Gasteiger partial charge is 0.201 e. The van der Waals surface area contributed by atoms with E-state index in [1.54, 1.807) is 0 Å². The standard InChI is InChI=1S/C17H24NSi/c1-13-8-7-9-16(14(13)2)17-11-10-15(12-18(17)3)19(4,5)6/h7-12H,1-6H3/q+1. The van der Waals surface area contributed by atoms with E-state index in [-0.39, 0.29) is 0 Å². The molecule has 100 valence electrons. The molecule has 0 unspecified atom stereocenters. The van der Waals surface area contributed by atoms with E-state index in [0.29, 0.717) is 0 Å². The van der Waals surface area contributed by atoms with Crippen molar-refractivity contribution in [2.45, 2.75) is 33.5 Å². The highest BCUT2D eigenvalue weighted by Crippen LogP contribution is 2.22. The molecule has 0 amide bonds. The van der Waals surface area contributed by atoms with E-state index in [4.69, 9.17) is 0 Å². The predicted octanol–water partition coefficient (Wildman–Crippen LogP) is 3.34. The lowest BCUT2D eigenvalue weighted by Gasteiger charge is -2.15. The number of hydrogen-bond donors (Lipinski definition) is 0. The van der Waals surface area contributed by atoms with Gasteiger partial charge in [-0.25, -0.2) is 4.57 Å². The molecule has 0 saturated carbocycles. The van der Waals surface area contributed by atoms with Crippen molar-refractivity contribution in [1.82, 2.24) is 0 Å². The average Bonchev–Trinajstić information content (AvgIpc) is 2.32. The van der Waals surface area contributed by atoms with E-state index >= 15 is 0 Å². The van der Waals surface area contributed by atoms with Crippen LogP contribution >= 0.6 is 0 Å². The molecule has 1 aromatic carbocycles. The maximum atomic E-state index is 2.39. The monoisotopic (exact) mass is 270 g/mol. The number of nitrogens with zero attached hydrogens (tertiary/aromatic N) is 1. The Labute approximate surface area is 117 Å². The zero-order valence-electron chi connectivity index (χ0n) is 12.9. The topological polar surface area (TPSA) is 3.88 Å². The lowest BCUT2D eigenvalue weighted by atomic mass is 10.0. The van der Waals surface area contributed by atoms with Crippen molar-refractivity contribution in [3.05, 3.63) is 47.7 Å². The lowest BCUT2D eigenvalue weighted by Crippen LogP contribution is -2.44. The molecule has 1 aromatic heterocycles. The summed E-state index contributed by atoms with van der Waals surface area (Å²) < 4.78 is 2.27. The third kappa shape index (κ3) is 2.79. The normalized spacial score (nSPS) is 11.7. The van der Waals surface area contributed by atoms with Gasteiger partial charge in [0.2, 0.25) is 5.69 Å². The van der Waals surface area contributed by atoms with Crippen molar-refractivity contribution >= 4 is 13.3 Å². The Morgan fingerprint density at radius 3 is 2.21 bits per heavy atom. The molecule has 19 heavy (non-hydrogen) atoms. The second kappa shape index (κ2) is 4.93. The third-order valence-electron chi connectivity index (χ3n) is 3.88. The van der Waals surface area contributed by atoms with Gasteiger partial charge in [0.05, 0.1) is 8.07 Å². The van der Waals surface area contributed by atoms with Crippen molar-refractivity contribution in [3.8, 4) is 11.3 Å². The Morgan fingerprint density at radius 1 is 0.947 bits per heavy atom. The van der Waals surface area contributed by atoms with Gasteiger partial charge in [-0.05, 0) is 31.0 Å². The Hall–Kier alpha value is -1.41. The van der Waals surface area contributed by atoms with Gasteiger partial charge in [0.25, 0.3) is 0 Å². The molecule has 0 radical (unpaired) electrons. The van der Waals surface area contributed by atoms with Crippen molar-refractivity contribution < 1.29 is 4.57 Å². The summed E-state index contributed by atoms with van der Waals surface area (Å²) in [6.07, 6.45) is 2.31. The maximum absolute atomic E-state index is 2.39. The first-order valence-electron chi connectivity index (χ1n) is 6.87. The highest BCUT2D eigenvalue weighted by Gasteiger charge is 2.21. The average molecular weight is 270 g/mol. The molecule has 2 heteroatoms. The second-order valence-electron chi connectivity index (χ2n) is 6.41. The first kappa shape index (κ1) is 14.0. The molecule has 0 spiro atoms. The van der Waals surface area contributed by atoms with E-state index in [2.05, 4.69) is 81.6 Å². The minimum absolute atomic E-state index is 1.23. The molecule has 1 nitrogen and oxygen atoms in total. The molecule has 0 saturated heterocycles. The van der Waals surface area contributed by atoms with Crippen LogP contribution in [0.2, 0.25) is 19.6 Å². The molecule has 0 aliphatic carbocycles. The molecule has 0 N–H and O–H groups in total. The zero-order chi connectivity index (χ0) is 14.2. The number of benzene rings is 1. The number of rotatable bonds is 2. The van der Waals surface area contributed by atoms with Crippen molar-refractivity contribution in [2.75, 3.05) is 0 Å². The molecule has 0 bridgehead atoms. The minimum atomic E-state index is -1.23. The molecule has 0 aliphatic rings. The number of hydrogen-bond acceptors (Lipinski definition) is 0. The highest BCUT2D eigenvalue weighted by atomic mass is 28.3. The van der Waals surface area contributed by atoms with E-state index in [1.807, 2.05) is 0 Å². The van der Waals surface area contributed by atoms with Crippen LogP contribution in [0.25, 0.3) is 11.3 Å². The van der Waals surface area contributed by atoms with E-state index < -0.39 is 8.07 Å². The summed E-state index contributed by atoms with van der Waals surface area (Å²) in [5.74, 6) is 0. The fraction of sp³-hybridized carbons (Fsp3) is 0.353. The molecular formula is C17H24NSi+. The molecular weight excluding hydrogens is 246 g/mol. The first-order chi connectivity index (χ1) is 8.80. The third-order valence-corrected chi connectivity index (χ3v) is 5.91. The van der Waals surface area contributed by atoms with Gasteiger partial charge >= 0.3 is 0 Å². The van der Waals surface area contributed by atoms with Gasteiger partial charge in [0, 0.05) is 16.8 Å². The summed E-state index contributed by atoms with van der Waals surface area (Å²) in [4.78, 5) is 0. The van der Waals surface area contributed by atoms with Gasteiger partial charge in [-0.1, -0.05) is 37.8 Å². The quantitative estimate of drug-likeness (QED) is 0.582. The molecule has 2 rings (SSSR count). The first-order valence-corrected chi connectivity index (χ1v) is 10.4. The summed E-state index contributed by atoms with van der Waals surface area (Å²) in [5, 5.41) is 1.50. The van der Waals surface area contributed by atoms with Gasteiger partial charge in [-0.2, -0.15) is 0 Å². The number of aromatic nitrogens is 1. The predicted molar refractivity (Wildman–Crippen MR) is 85.5 cm³/mol. The minimum Gasteiger partial charge on any atom is -0.201 e. The van der Waals surface area contributed by atoms with Crippen LogP contribution in [0.5, 0.6) is 0 Å². The van der Waals surface area contributed by atoms with E-state index in [1.165, 1.54) is 27.6 Å². The Kier molecular flexibility index (Phi) is 3.63. The van der Waals surface area contributed by atoms with E-state index in [9.17, 15) is 0 Å². The van der Waals surface area contributed by atoms with Crippen LogP contribution in [0.3, 0.4) is 0 Å². The van der Waals surface area contributed by atoms with Gasteiger partial charge in [-0.15, -0.1) is 0 Å². The van der Waals surface area contributed by atoms with Crippen LogP contribution in [0, 0.1) is 13.8 Å². The highest BCUT2D eigenvalue weighted by molar-refractivity contribution is 6.88. The molecule has 0 aliphatic heterocycles. The van der Waals surface area contributed by atoms with Crippen molar-refractivity contribution in [2.24, 2.45) is 7.05 Å². The van der Waals surface area contributed by atoms with Crippen LogP contribution in [0.15, 0.2) is 36.5 Å². The van der Waals surface area contributed by atoms with Gasteiger partial charge < -0.3 is 0 Å². The Balaban J connectivity index is 2.56. The van der Waals surface area contributed by atoms with Crippen LogP contribution in [0.1, 0.15) is 11.1 Å². The molecule has 2 aromatic rings. The summed E-state index contributed by atoms with van der Waals surface area (Å²) in [5.41, 5.74) is 5.36. The Bertz CT molecular complexity index is 609. The largest absolute Gasteiger partial charge is 0.212 e. The molecule has 0 atom stereocenters. The van der Waals surface area contributed by atoms with Crippen LogP contribution < -0.4 is 9.75 Å². The fourth-order valence-corrected chi connectivity index (χ4v) is 3.52. The maximum Gasteiger partial charge on any atom is 0.212 e. The summed E-state index contributed by atoms with van der Waals surface area (Å²) in [6.45, 7) is 11.5. The zero-order valence-corrected chi connectivity index (χ0v) is 13.9. The van der Waals surface area contributed by atoms with Gasteiger partial charge in [0.15, 0.2) is 6.20 Å². The lowest BCUT2D eigenvalue weighted by molar-refractivity contribution is -0.659. The number of aryl methyl sites for hydroxylation is 2. The molecule has 1 heterocycles.